The lowest BCUT2D eigenvalue weighted by Gasteiger charge is -2.24. The van der Waals surface area contributed by atoms with Gasteiger partial charge in [-0.2, -0.15) is 0 Å². The van der Waals surface area contributed by atoms with Crippen molar-refractivity contribution < 1.29 is 4.74 Å². The summed E-state index contributed by atoms with van der Waals surface area (Å²) in [6.07, 6.45) is 12.0. The number of nitrogens with zero attached hydrogens (tertiary/aromatic N) is 1. The highest BCUT2D eigenvalue weighted by Crippen LogP contribution is 2.26. The first-order valence-corrected chi connectivity index (χ1v) is 12.8. The zero-order valence-electron chi connectivity index (χ0n) is 19.9. The van der Waals surface area contributed by atoms with E-state index in [9.17, 15) is 0 Å². The van der Waals surface area contributed by atoms with Gasteiger partial charge in [0.05, 0.1) is 0 Å². The van der Waals surface area contributed by atoms with Crippen LogP contribution in [0, 0.1) is 0 Å². The summed E-state index contributed by atoms with van der Waals surface area (Å²) in [6.45, 7) is 10.6. The Morgan fingerprint density at radius 2 is 1.23 bits per heavy atom. The molecular formula is C28H42ClNO. The molecule has 0 fully saturated rings. The molecule has 3 heteroatoms. The molecule has 1 unspecified atom stereocenters. The molecule has 2 aromatic carbocycles. The van der Waals surface area contributed by atoms with Crippen LogP contribution in [-0.4, -0.2) is 24.5 Å². The third-order valence-electron chi connectivity index (χ3n) is 6.03. The highest BCUT2D eigenvalue weighted by molar-refractivity contribution is 6.30. The molecule has 0 bridgehead atoms. The Hall–Kier alpha value is -1.51. The number of hydrogen-bond donors (Lipinski definition) is 0. The van der Waals surface area contributed by atoms with Gasteiger partial charge in [-0.15, -0.1) is 0 Å². The smallest absolute Gasteiger partial charge is 0.127 e. The Bertz CT molecular complexity index is 686. The van der Waals surface area contributed by atoms with Crippen LogP contribution in [0.15, 0.2) is 48.5 Å². The molecule has 0 spiro atoms. The molecule has 0 radical (unpaired) electrons. The van der Waals surface area contributed by atoms with Crippen molar-refractivity contribution in [2.75, 3.05) is 19.6 Å². The van der Waals surface area contributed by atoms with Gasteiger partial charge in [0.15, 0.2) is 0 Å². The third kappa shape index (κ3) is 10.6. The minimum Gasteiger partial charge on any atom is -0.457 e. The van der Waals surface area contributed by atoms with Crippen molar-refractivity contribution in [3.63, 3.8) is 0 Å². The molecule has 2 nitrogen and oxygen atoms in total. The predicted octanol–water partition coefficient (Wildman–Crippen LogP) is 9.09. The van der Waals surface area contributed by atoms with Crippen LogP contribution >= 0.6 is 11.6 Å². The van der Waals surface area contributed by atoms with Crippen LogP contribution in [0.5, 0.6) is 11.5 Å². The molecule has 31 heavy (non-hydrogen) atoms. The van der Waals surface area contributed by atoms with E-state index in [0.717, 1.165) is 16.5 Å². The quantitative estimate of drug-likeness (QED) is 0.240. The second-order valence-electron chi connectivity index (χ2n) is 8.78. The fourth-order valence-corrected chi connectivity index (χ4v) is 4.03. The summed E-state index contributed by atoms with van der Waals surface area (Å²) in [7, 11) is 0. The van der Waals surface area contributed by atoms with Crippen molar-refractivity contribution in [2.24, 2.45) is 0 Å². The molecule has 2 rings (SSSR count). The van der Waals surface area contributed by atoms with E-state index in [1.807, 2.05) is 24.3 Å². The molecule has 0 aromatic heterocycles. The second-order valence-corrected chi connectivity index (χ2v) is 9.21. The second kappa shape index (κ2) is 15.3. The van der Waals surface area contributed by atoms with Crippen LogP contribution in [0.1, 0.15) is 90.0 Å². The standard InChI is InChI=1S/C28H42ClNO/c1-4-6-8-10-21-30(22-11-9-7-5-2)23-20-24(3)25-12-16-27(17-13-25)31-28-18-14-26(29)15-19-28/h12-19,24H,4-11,20-23H2,1-3H3. The van der Waals surface area contributed by atoms with Crippen LogP contribution in [0.3, 0.4) is 0 Å². The number of hydrogen-bond acceptors (Lipinski definition) is 2. The molecule has 2 aromatic rings. The zero-order chi connectivity index (χ0) is 22.3. The monoisotopic (exact) mass is 443 g/mol. The lowest BCUT2D eigenvalue weighted by atomic mass is 9.97. The number of halogens is 1. The zero-order valence-corrected chi connectivity index (χ0v) is 20.7. The van der Waals surface area contributed by atoms with Crippen molar-refractivity contribution in [1.29, 1.82) is 0 Å². The number of unbranched alkanes of at least 4 members (excludes halogenated alkanes) is 6. The molecule has 0 N–H and O–H groups in total. The van der Waals surface area contributed by atoms with Crippen molar-refractivity contribution >= 4 is 11.6 Å². The third-order valence-corrected chi connectivity index (χ3v) is 6.28. The van der Waals surface area contributed by atoms with Gasteiger partial charge in [0, 0.05) is 5.02 Å². The SMILES string of the molecule is CCCCCCN(CCCCCC)CCC(C)c1ccc(Oc2ccc(Cl)cc2)cc1. The summed E-state index contributed by atoms with van der Waals surface area (Å²) in [4.78, 5) is 2.71. The van der Waals surface area contributed by atoms with Crippen molar-refractivity contribution in [3.8, 4) is 11.5 Å². The first-order valence-electron chi connectivity index (χ1n) is 12.4. The van der Waals surface area contributed by atoms with Gasteiger partial charge in [0.2, 0.25) is 0 Å². The normalized spacial score (nSPS) is 12.3. The number of benzene rings is 2. The Morgan fingerprint density at radius 1 is 0.710 bits per heavy atom. The van der Waals surface area contributed by atoms with Gasteiger partial charge < -0.3 is 9.64 Å². The summed E-state index contributed by atoms with van der Waals surface area (Å²) in [5.74, 6) is 2.23. The first-order chi connectivity index (χ1) is 15.1. The summed E-state index contributed by atoms with van der Waals surface area (Å²) in [6, 6.07) is 16.1. The van der Waals surface area contributed by atoms with E-state index in [1.165, 1.54) is 83.0 Å². The topological polar surface area (TPSA) is 12.5 Å². The van der Waals surface area contributed by atoms with Gasteiger partial charge in [-0.1, -0.05) is 83.0 Å². The number of ether oxygens (including phenoxy) is 1. The van der Waals surface area contributed by atoms with Gasteiger partial charge >= 0.3 is 0 Å². The fourth-order valence-electron chi connectivity index (χ4n) is 3.91. The Kier molecular flexibility index (Phi) is 12.7. The van der Waals surface area contributed by atoms with E-state index >= 15 is 0 Å². The summed E-state index contributed by atoms with van der Waals surface area (Å²) in [5.41, 5.74) is 1.39. The maximum Gasteiger partial charge on any atom is 0.127 e. The molecule has 0 saturated heterocycles. The van der Waals surface area contributed by atoms with Crippen LogP contribution < -0.4 is 4.74 Å². The largest absolute Gasteiger partial charge is 0.457 e. The number of rotatable bonds is 16. The predicted molar refractivity (Wildman–Crippen MR) is 136 cm³/mol. The van der Waals surface area contributed by atoms with Crippen LogP contribution in [0.2, 0.25) is 5.02 Å². The van der Waals surface area contributed by atoms with Crippen LogP contribution in [0.25, 0.3) is 0 Å². The van der Waals surface area contributed by atoms with Crippen molar-refractivity contribution in [2.45, 2.75) is 84.5 Å². The first kappa shape index (κ1) is 25.7. The molecule has 172 valence electrons. The molecule has 0 heterocycles. The molecule has 0 amide bonds. The lowest BCUT2D eigenvalue weighted by molar-refractivity contribution is 0.252. The van der Waals surface area contributed by atoms with Crippen molar-refractivity contribution in [3.05, 3.63) is 59.1 Å². The van der Waals surface area contributed by atoms with E-state index < -0.39 is 0 Å². The fraction of sp³-hybridized carbons (Fsp3) is 0.571. The summed E-state index contributed by atoms with van der Waals surface area (Å²) >= 11 is 5.95. The average Bonchev–Trinajstić information content (AvgIpc) is 2.79. The van der Waals surface area contributed by atoms with Gasteiger partial charge in [-0.3, -0.25) is 0 Å². The average molecular weight is 444 g/mol. The highest BCUT2D eigenvalue weighted by atomic mass is 35.5. The van der Waals surface area contributed by atoms with Gasteiger partial charge in [0.25, 0.3) is 0 Å². The molecule has 0 aliphatic rings. The minimum atomic E-state index is 0.554. The van der Waals surface area contributed by atoms with Crippen LogP contribution in [-0.2, 0) is 0 Å². The van der Waals surface area contributed by atoms with Crippen molar-refractivity contribution in [1.82, 2.24) is 4.90 Å². The Balaban J connectivity index is 1.82. The lowest BCUT2D eigenvalue weighted by Crippen LogP contribution is -2.28. The van der Waals surface area contributed by atoms with E-state index in [4.69, 9.17) is 16.3 Å². The maximum absolute atomic E-state index is 5.95. The minimum absolute atomic E-state index is 0.554. The molecular weight excluding hydrogens is 402 g/mol. The molecule has 0 aliphatic carbocycles. The van der Waals surface area contributed by atoms with Gasteiger partial charge in [-0.05, 0) is 86.8 Å². The van der Waals surface area contributed by atoms with Gasteiger partial charge in [0.1, 0.15) is 11.5 Å². The van der Waals surface area contributed by atoms with E-state index in [2.05, 4.69) is 49.9 Å². The van der Waals surface area contributed by atoms with Gasteiger partial charge in [-0.25, -0.2) is 0 Å². The summed E-state index contributed by atoms with van der Waals surface area (Å²) in [5, 5.41) is 0.723. The van der Waals surface area contributed by atoms with E-state index in [0.29, 0.717) is 5.92 Å². The Labute approximate surface area is 196 Å². The highest BCUT2D eigenvalue weighted by Gasteiger charge is 2.10. The molecule has 0 aliphatic heterocycles. The Morgan fingerprint density at radius 3 is 1.74 bits per heavy atom. The van der Waals surface area contributed by atoms with E-state index in [-0.39, 0.29) is 0 Å². The molecule has 0 saturated carbocycles. The maximum atomic E-state index is 5.95. The van der Waals surface area contributed by atoms with E-state index in [1.54, 1.807) is 0 Å². The summed E-state index contributed by atoms with van der Waals surface area (Å²) < 4.78 is 5.93. The molecule has 1 atom stereocenters. The van der Waals surface area contributed by atoms with Crippen LogP contribution in [0.4, 0.5) is 0 Å².